The largest absolute Gasteiger partial charge is 0.477 e. The summed E-state index contributed by atoms with van der Waals surface area (Å²) in [5.41, 5.74) is 0. The van der Waals surface area contributed by atoms with Gasteiger partial charge in [0.1, 0.15) is 4.88 Å². The van der Waals surface area contributed by atoms with Crippen LogP contribution >= 0.6 is 22.9 Å². The van der Waals surface area contributed by atoms with Gasteiger partial charge in [-0.1, -0.05) is 39.0 Å². The van der Waals surface area contributed by atoms with E-state index >= 15 is 0 Å². The lowest BCUT2D eigenvalue weighted by atomic mass is 9.87. The van der Waals surface area contributed by atoms with Gasteiger partial charge in [0.15, 0.2) is 0 Å². The standard InChI is InChI=1S/C19H29ClO2S/c1-2-3-4-5-7-14-10-12-17(20)16(14)9-6-8-15-11-13-18(23-15)19(21)22/h11,13-14,16-17H,2-10,12H2,1H3,(H,21,22)/t14-,16?,17+/m0/s1. The summed E-state index contributed by atoms with van der Waals surface area (Å²) in [6.07, 6.45) is 12.5. The molecule has 2 nitrogen and oxygen atoms in total. The van der Waals surface area contributed by atoms with Gasteiger partial charge in [-0.05, 0) is 56.1 Å². The van der Waals surface area contributed by atoms with E-state index in [-0.39, 0.29) is 0 Å². The molecule has 1 aliphatic rings. The summed E-state index contributed by atoms with van der Waals surface area (Å²) < 4.78 is 0. The number of hydrogen-bond acceptors (Lipinski definition) is 2. The molecule has 1 unspecified atom stereocenters. The minimum absolute atomic E-state index is 0.351. The number of unbranched alkanes of at least 4 members (excludes halogenated alkanes) is 3. The van der Waals surface area contributed by atoms with Gasteiger partial charge in [-0.2, -0.15) is 0 Å². The molecule has 1 saturated carbocycles. The Morgan fingerprint density at radius 3 is 2.74 bits per heavy atom. The number of thiophene rings is 1. The maximum absolute atomic E-state index is 10.9. The Hall–Kier alpha value is -0.540. The topological polar surface area (TPSA) is 37.3 Å². The molecular formula is C19H29ClO2S. The normalized spacial score (nSPS) is 24.2. The third-order valence-corrected chi connectivity index (χ3v) is 6.82. The van der Waals surface area contributed by atoms with Crippen molar-refractivity contribution < 1.29 is 9.90 Å². The second-order valence-electron chi connectivity index (χ2n) is 6.83. The van der Waals surface area contributed by atoms with Crippen LogP contribution in [-0.4, -0.2) is 16.5 Å². The Labute approximate surface area is 149 Å². The zero-order valence-electron chi connectivity index (χ0n) is 14.1. The SMILES string of the molecule is CCCCCC[C@H]1CC[C@@H](Cl)C1CCCc1ccc(C(=O)O)s1. The highest BCUT2D eigenvalue weighted by molar-refractivity contribution is 7.13. The van der Waals surface area contributed by atoms with Gasteiger partial charge in [0.2, 0.25) is 0 Å². The van der Waals surface area contributed by atoms with Crippen molar-refractivity contribution in [3.63, 3.8) is 0 Å². The van der Waals surface area contributed by atoms with Gasteiger partial charge in [-0.15, -0.1) is 22.9 Å². The molecule has 130 valence electrons. The van der Waals surface area contributed by atoms with E-state index < -0.39 is 5.97 Å². The van der Waals surface area contributed by atoms with Crippen LogP contribution in [0.3, 0.4) is 0 Å². The number of carbonyl (C=O) groups is 1. The van der Waals surface area contributed by atoms with Crippen molar-refractivity contribution in [3.05, 3.63) is 21.9 Å². The summed E-state index contributed by atoms with van der Waals surface area (Å²) >= 11 is 7.98. The van der Waals surface area contributed by atoms with Gasteiger partial charge >= 0.3 is 5.97 Å². The molecule has 0 aromatic carbocycles. The highest BCUT2D eigenvalue weighted by Gasteiger charge is 2.33. The van der Waals surface area contributed by atoms with E-state index in [1.54, 1.807) is 6.07 Å². The van der Waals surface area contributed by atoms with E-state index in [0.717, 1.165) is 18.8 Å². The highest BCUT2D eigenvalue weighted by Crippen LogP contribution is 2.41. The van der Waals surface area contributed by atoms with Crippen molar-refractivity contribution in [2.45, 2.75) is 76.5 Å². The molecule has 2 rings (SSSR count). The van der Waals surface area contributed by atoms with Gasteiger partial charge in [0, 0.05) is 10.3 Å². The molecule has 1 aromatic heterocycles. The summed E-state index contributed by atoms with van der Waals surface area (Å²) in [4.78, 5) is 12.6. The molecule has 0 saturated heterocycles. The zero-order chi connectivity index (χ0) is 16.7. The first-order valence-corrected chi connectivity index (χ1v) is 10.3. The second kappa shape index (κ2) is 9.68. The Balaban J connectivity index is 1.74. The smallest absolute Gasteiger partial charge is 0.345 e. The van der Waals surface area contributed by atoms with Crippen molar-refractivity contribution in [3.8, 4) is 0 Å². The molecule has 1 fully saturated rings. The fourth-order valence-corrected chi connectivity index (χ4v) is 5.19. The molecule has 0 amide bonds. The summed E-state index contributed by atoms with van der Waals surface area (Å²) in [6, 6.07) is 3.68. The van der Waals surface area contributed by atoms with E-state index in [1.807, 2.05) is 6.07 Å². The Bertz CT molecular complexity index is 485. The number of carboxylic acid groups (broad SMARTS) is 1. The lowest BCUT2D eigenvalue weighted by Gasteiger charge is -2.21. The first-order chi connectivity index (χ1) is 11.1. The van der Waals surface area contributed by atoms with Crippen LogP contribution in [0.4, 0.5) is 0 Å². The molecule has 0 aliphatic heterocycles. The highest BCUT2D eigenvalue weighted by atomic mass is 35.5. The Morgan fingerprint density at radius 1 is 1.22 bits per heavy atom. The predicted molar refractivity (Wildman–Crippen MR) is 98.8 cm³/mol. The fraction of sp³-hybridized carbons (Fsp3) is 0.737. The van der Waals surface area contributed by atoms with Crippen LogP contribution in [0.15, 0.2) is 12.1 Å². The van der Waals surface area contributed by atoms with E-state index in [1.165, 1.54) is 67.6 Å². The number of alkyl halides is 1. The molecule has 1 aliphatic carbocycles. The molecule has 3 atom stereocenters. The van der Waals surface area contributed by atoms with Gasteiger partial charge in [0.25, 0.3) is 0 Å². The summed E-state index contributed by atoms with van der Waals surface area (Å²) in [5, 5.41) is 9.33. The maximum atomic E-state index is 10.9. The average molecular weight is 357 g/mol. The van der Waals surface area contributed by atoms with Crippen LogP contribution in [0.25, 0.3) is 0 Å². The molecular weight excluding hydrogens is 328 g/mol. The molecule has 1 aromatic rings. The van der Waals surface area contributed by atoms with Gasteiger partial charge < -0.3 is 5.11 Å². The number of aromatic carboxylic acids is 1. The molecule has 1 heterocycles. The summed E-state index contributed by atoms with van der Waals surface area (Å²) in [6.45, 7) is 2.26. The lowest BCUT2D eigenvalue weighted by molar-refractivity contribution is 0.0702. The molecule has 1 N–H and O–H groups in total. The minimum Gasteiger partial charge on any atom is -0.477 e. The maximum Gasteiger partial charge on any atom is 0.345 e. The summed E-state index contributed by atoms with van der Waals surface area (Å²) in [5.74, 6) is 0.662. The molecule has 4 heteroatoms. The summed E-state index contributed by atoms with van der Waals surface area (Å²) in [7, 11) is 0. The van der Waals surface area contributed by atoms with Crippen molar-refractivity contribution in [1.29, 1.82) is 0 Å². The third kappa shape index (κ3) is 5.79. The van der Waals surface area contributed by atoms with Crippen molar-refractivity contribution >= 4 is 28.9 Å². The molecule has 0 bridgehead atoms. The zero-order valence-corrected chi connectivity index (χ0v) is 15.7. The Kier molecular flexibility index (Phi) is 7.91. The predicted octanol–water partition coefficient (Wildman–Crippen LogP) is 6.37. The third-order valence-electron chi connectivity index (χ3n) is 5.14. The van der Waals surface area contributed by atoms with E-state index in [4.69, 9.17) is 16.7 Å². The van der Waals surface area contributed by atoms with Crippen LogP contribution in [0.2, 0.25) is 0 Å². The van der Waals surface area contributed by atoms with Crippen molar-refractivity contribution in [1.82, 2.24) is 0 Å². The van der Waals surface area contributed by atoms with Crippen LogP contribution in [0, 0.1) is 11.8 Å². The molecule has 0 radical (unpaired) electrons. The van der Waals surface area contributed by atoms with E-state index in [0.29, 0.717) is 16.2 Å². The molecule has 23 heavy (non-hydrogen) atoms. The number of halogens is 1. The van der Waals surface area contributed by atoms with Crippen molar-refractivity contribution in [2.75, 3.05) is 0 Å². The van der Waals surface area contributed by atoms with Crippen molar-refractivity contribution in [2.24, 2.45) is 11.8 Å². The van der Waals surface area contributed by atoms with Crippen LogP contribution < -0.4 is 0 Å². The van der Waals surface area contributed by atoms with Gasteiger partial charge in [-0.25, -0.2) is 4.79 Å². The first kappa shape index (κ1) is 18.8. The number of hydrogen-bond donors (Lipinski definition) is 1. The van der Waals surface area contributed by atoms with Gasteiger partial charge in [0.05, 0.1) is 0 Å². The van der Waals surface area contributed by atoms with Crippen LogP contribution in [0.1, 0.15) is 79.3 Å². The van der Waals surface area contributed by atoms with Crippen LogP contribution in [0.5, 0.6) is 0 Å². The average Bonchev–Trinajstić information content (AvgIpc) is 3.13. The number of aryl methyl sites for hydroxylation is 1. The number of carboxylic acids is 1. The molecule has 0 spiro atoms. The Morgan fingerprint density at radius 2 is 2.04 bits per heavy atom. The second-order valence-corrected chi connectivity index (χ2v) is 8.56. The van der Waals surface area contributed by atoms with Crippen LogP contribution in [-0.2, 0) is 6.42 Å². The van der Waals surface area contributed by atoms with E-state index in [2.05, 4.69) is 6.92 Å². The quantitative estimate of drug-likeness (QED) is 0.390. The minimum atomic E-state index is -0.815. The monoisotopic (exact) mass is 356 g/mol. The van der Waals surface area contributed by atoms with E-state index in [9.17, 15) is 4.79 Å². The fourth-order valence-electron chi connectivity index (χ4n) is 3.84. The lowest BCUT2D eigenvalue weighted by Crippen LogP contribution is -2.15. The first-order valence-electron chi connectivity index (χ1n) is 9.08. The van der Waals surface area contributed by atoms with Gasteiger partial charge in [-0.3, -0.25) is 0 Å². The number of rotatable bonds is 10.